The lowest BCUT2D eigenvalue weighted by atomic mass is 10.0. The Morgan fingerprint density at radius 3 is 2.79 bits per heavy atom. The predicted molar refractivity (Wildman–Crippen MR) is 83.8 cm³/mol. The highest BCUT2D eigenvalue weighted by molar-refractivity contribution is 7.11. The Bertz CT molecular complexity index is 397. The molecule has 1 N–H and O–H groups in total. The van der Waals surface area contributed by atoms with E-state index in [0.717, 1.165) is 24.9 Å². The fraction of sp³-hybridized carbons (Fsp3) is 0.812. The van der Waals surface area contributed by atoms with Gasteiger partial charge in [-0.05, 0) is 44.6 Å². The molecule has 1 saturated carbocycles. The van der Waals surface area contributed by atoms with E-state index in [1.807, 2.05) is 11.3 Å². The molecule has 0 aromatic carbocycles. The summed E-state index contributed by atoms with van der Waals surface area (Å²) in [6, 6.07) is 0. The molecule has 2 unspecified atom stereocenters. The number of rotatable bonds is 6. The van der Waals surface area contributed by atoms with Crippen LogP contribution in [0.3, 0.4) is 0 Å². The first-order valence-corrected chi connectivity index (χ1v) is 8.58. The number of aryl methyl sites for hydroxylation is 1. The lowest BCUT2D eigenvalue weighted by Gasteiger charge is -2.06. The smallest absolute Gasteiger partial charge is 0.0962 e. The normalized spacial score (nSPS) is 23.4. The summed E-state index contributed by atoms with van der Waals surface area (Å²) in [5, 5.41) is 4.93. The molecule has 19 heavy (non-hydrogen) atoms. The molecule has 1 aromatic rings. The van der Waals surface area contributed by atoms with Gasteiger partial charge in [0.05, 0.1) is 10.7 Å². The first-order chi connectivity index (χ1) is 9.10. The van der Waals surface area contributed by atoms with Crippen molar-refractivity contribution in [3.8, 4) is 0 Å². The molecular weight excluding hydrogens is 252 g/mol. The van der Waals surface area contributed by atoms with E-state index >= 15 is 0 Å². The zero-order valence-corrected chi connectivity index (χ0v) is 13.6. The van der Waals surface area contributed by atoms with Crippen molar-refractivity contribution in [2.45, 2.75) is 65.8 Å². The first kappa shape index (κ1) is 15.0. The number of nitrogens with one attached hydrogen (secondary N) is 1. The molecule has 2 nitrogen and oxygen atoms in total. The average Bonchev–Trinajstić information content (AvgIpc) is 2.96. The standard InChI is InChI=1S/C16H28N2S/c1-5-13-6-7-14(8-13)16-18-12(4)15(19-16)10-17-9-11(2)3/h11,13-14,17H,5-10H2,1-4H3. The highest BCUT2D eigenvalue weighted by atomic mass is 32.1. The molecule has 1 aromatic heterocycles. The van der Waals surface area contributed by atoms with E-state index < -0.39 is 0 Å². The first-order valence-electron chi connectivity index (χ1n) is 7.77. The van der Waals surface area contributed by atoms with E-state index in [4.69, 9.17) is 4.98 Å². The van der Waals surface area contributed by atoms with Crippen LogP contribution in [0.15, 0.2) is 0 Å². The largest absolute Gasteiger partial charge is 0.312 e. The molecule has 0 spiro atoms. The van der Waals surface area contributed by atoms with Crippen molar-refractivity contribution in [2.75, 3.05) is 6.54 Å². The molecule has 0 saturated heterocycles. The zero-order valence-electron chi connectivity index (χ0n) is 12.8. The van der Waals surface area contributed by atoms with Crippen LogP contribution in [-0.2, 0) is 6.54 Å². The van der Waals surface area contributed by atoms with E-state index in [1.165, 1.54) is 41.3 Å². The Morgan fingerprint density at radius 2 is 2.16 bits per heavy atom. The third-order valence-corrected chi connectivity index (χ3v) is 5.54. The Kier molecular flexibility index (Phi) is 5.40. The van der Waals surface area contributed by atoms with Crippen LogP contribution in [-0.4, -0.2) is 11.5 Å². The van der Waals surface area contributed by atoms with E-state index in [9.17, 15) is 0 Å². The third kappa shape index (κ3) is 4.03. The Balaban J connectivity index is 1.93. The summed E-state index contributed by atoms with van der Waals surface area (Å²) >= 11 is 1.95. The number of hydrogen-bond acceptors (Lipinski definition) is 3. The minimum atomic E-state index is 0.716. The third-order valence-electron chi connectivity index (χ3n) is 4.22. The maximum absolute atomic E-state index is 4.84. The predicted octanol–water partition coefficient (Wildman–Crippen LogP) is 4.49. The Labute approximate surface area is 122 Å². The molecule has 1 aliphatic rings. The summed E-state index contributed by atoms with van der Waals surface area (Å²) in [6.07, 6.45) is 5.46. The van der Waals surface area contributed by atoms with Gasteiger partial charge in [-0.15, -0.1) is 11.3 Å². The van der Waals surface area contributed by atoms with Crippen molar-refractivity contribution in [3.63, 3.8) is 0 Å². The van der Waals surface area contributed by atoms with Gasteiger partial charge in [-0.1, -0.05) is 27.2 Å². The highest BCUT2D eigenvalue weighted by Gasteiger charge is 2.27. The summed E-state index contributed by atoms with van der Waals surface area (Å²) in [4.78, 5) is 6.28. The maximum Gasteiger partial charge on any atom is 0.0962 e. The molecule has 1 heterocycles. The fourth-order valence-electron chi connectivity index (χ4n) is 2.93. The molecule has 108 valence electrons. The van der Waals surface area contributed by atoms with Gasteiger partial charge >= 0.3 is 0 Å². The molecule has 2 rings (SSSR count). The molecular formula is C16H28N2S. The van der Waals surface area contributed by atoms with Gasteiger partial charge in [-0.25, -0.2) is 4.98 Å². The molecule has 0 amide bonds. The van der Waals surface area contributed by atoms with Crippen LogP contribution in [0.4, 0.5) is 0 Å². The van der Waals surface area contributed by atoms with Gasteiger partial charge in [0.25, 0.3) is 0 Å². The monoisotopic (exact) mass is 280 g/mol. The minimum absolute atomic E-state index is 0.716. The maximum atomic E-state index is 4.84. The number of hydrogen-bond donors (Lipinski definition) is 1. The average molecular weight is 280 g/mol. The summed E-state index contributed by atoms with van der Waals surface area (Å²) < 4.78 is 0. The van der Waals surface area contributed by atoms with Crippen molar-refractivity contribution < 1.29 is 0 Å². The summed E-state index contributed by atoms with van der Waals surface area (Å²) in [5.74, 6) is 2.40. The molecule has 3 heteroatoms. The molecule has 2 atom stereocenters. The number of nitrogens with zero attached hydrogens (tertiary/aromatic N) is 1. The van der Waals surface area contributed by atoms with E-state index in [0.29, 0.717) is 5.92 Å². The molecule has 0 aliphatic heterocycles. The topological polar surface area (TPSA) is 24.9 Å². The van der Waals surface area contributed by atoms with Crippen molar-refractivity contribution in [1.29, 1.82) is 0 Å². The number of aromatic nitrogens is 1. The fourth-order valence-corrected chi connectivity index (χ4v) is 4.12. The van der Waals surface area contributed by atoms with Gasteiger partial charge in [0.2, 0.25) is 0 Å². The molecule has 0 radical (unpaired) electrons. The van der Waals surface area contributed by atoms with Crippen molar-refractivity contribution >= 4 is 11.3 Å². The lowest BCUT2D eigenvalue weighted by molar-refractivity contribution is 0.521. The summed E-state index contributed by atoms with van der Waals surface area (Å²) in [6.45, 7) is 11.1. The van der Waals surface area contributed by atoms with Crippen LogP contribution in [0.25, 0.3) is 0 Å². The van der Waals surface area contributed by atoms with Gasteiger partial charge in [-0.2, -0.15) is 0 Å². The van der Waals surface area contributed by atoms with Crippen LogP contribution in [0.1, 0.15) is 68.0 Å². The highest BCUT2D eigenvalue weighted by Crippen LogP contribution is 2.41. The second kappa shape index (κ2) is 6.85. The van der Waals surface area contributed by atoms with Gasteiger partial charge in [-0.3, -0.25) is 0 Å². The second-order valence-electron chi connectivity index (χ2n) is 6.37. The van der Waals surface area contributed by atoms with Gasteiger partial charge in [0, 0.05) is 17.3 Å². The molecule has 0 bridgehead atoms. The Morgan fingerprint density at radius 1 is 1.37 bits per heavy atom. The zero-order chi connectivity index (χ0) is 13.8. The summed E-state index contributed by atoms with van der Waals surface area (Å²) in [7, 11) is 0. The van der Waals surface area contributed by atoms with Crippen molar-refractivity contribution in [1.82, 2.24) is 10.3 Å². The lowest BCUT2D eigenvalue weighted by Crippen LogP contribution is -2.18. The quantitative estimate of drug-likeness (QED) is 0.830. The van der Waals surface area contributed by atoms with Crippen LogP contribution in [0.2, 0.25) is 0 Å². The Hall–Kier alpha value is -0.410. The van der Waals surface area contributed by atoms with Crippen molar-refractivity contribution in [2.24, 2.45) is 11.8 Å². The molecule has 1 aliphatic carbocycles. The van der Waals surface area contributed by atoms with E-state index in [-0.39, 0.29) is 0 Å². The molecule has 1 fully saturated rings. The SMILES string of the molecule is CCC1CCC(c2nc(C)c(CNCC(C)C)s2)C1. The second-order valence-corrected chi connectivity index (χ2v) is 7.48. The minimum Gasteiger partial charge on any atom is -0.312 e. The van der Waals surface area contributed by atoms with Crippen LogP contribution in [0.5, 0.6) is 0 Å². The van der Waals surface area contributed by atoms with Crippen molar-refractivity contribution in [3.05, 3.63) is 15.6 Å². The van der Waals surface area contributed by atoms with E-state index in [2.05, 4.69) is 33.0 Å². The number of thiazole rings is 1. The summed E-state index contributed by atoms with van der Waals surface area (Å²) in [5.41, 5.74) is 1.25. The van der Waals surface area contributed by atoms with Crippen LogP contribution >= 0.6 is 11.3 Å². The van der Waals surface area contributed by atoms with Gasteiger partial charge in [0.1, 0.15) is 0 Å². The van der Waals surface area contributed by atoms with Crippen LogP contribution < -0.4 is 5.32 Å². The van der Waals surface area contributed by atoms with Crippen LogP contribution in [0, 0.1) is 18.8 Å². The van der Waals surface area contributed by atoms with Gasteiger partial charge in [0.15, 0.2) is 0 Å². The van der Waals surface area contributed by atoms with E-state index in [1.54, 1.807) is 0 Å². The van der Waals surface area contributed by atoms with Gasteiger partial charge < -0.3 is 5.32 Å².